The molecule has 1 aliphatic heterocycles. The van der Waals surface area contributed by atoms with Gasteiger partial charge in [-0.15, -0.1) is 0 Å². The van der Waals surface area contributed by atoms with Crippen LogP contribution in [0.25, 0.3) is 0 Å². The van der Waals surface area contributed by atoms with Gasteiger partial charge in [-0.25, -0.2) is 0 Å². The molecule has 0 radical (unpaired) electrons. The zero-order valence-corrected chi connectivity index (χ0v) is 12.8. The van der Waals surface area contributed by atoms with Crippen LogP contribution in [0.1, 0.15) is 44.8 Å². The van der Waals surface area contributed by atoms with Crippen LogP contribution >= 0.6 is 15.9 Å². The van der Waals surface area contributed by atoms with E-state index >= 15 is 0 Å². The highest BCUT2D eigenvalue weighted by Gasteiger charge is 2.22. The minimum atomic E-state index is -0.417. The van der Waals surface area contributed by atoms with E-state index in [-0.39, 0.29) is 0 Å². The Labute approximate surface area is 118 Å². The lowest BCUT2D eigenvalue weighted by atomic mass is 10.0. The minimum absolute atomic E-state index is 0.417. The van der Waals surface area contributed by atoms with Gasteiger partial charge in [0.1, 0.15) is 0 Å². The lowest BCUT2D eigenvalue weighted by Crippen LogP contribution is -2.19. The summed E-state index contributed by atoms with van der Waals surface area (Å²) in [7, 11) is 0. The van der Waals surface area contributed by atoms with Crippen molar-refractivity contribution < 1.29 is 5.11 Å². The summed E-state index contributed by atoms with van der Waals surface area (Å²) < 4.78 is 1.01. The summed E-state index contributed by atoms with van der Waals surface area (Å²) in [5.74, 6) is 0.852. The standard InChI is InChI=1S/C15H22BrNO/c1-3-4-12-7-8-17(10-12)13-5-6-14(11(2)18)15(16)9-13/h5-6,9,11-12,18H,3-4,7-8,10H2,1-2H3/t11-,12?/m1/s1. The Morgan fingerprint density at radius 1 is 1.50 bits per heavy atom. The second-order valence-electron chi connectivity index (χ2n) is 5.27. The van der Waals surface area contributed by atoms with Gasteiger partial charge in [0.2, 0.25) is 0 Å². The average Bonchev–Trinajstić information content (AvgIpc) is 2.77. The highest BCUT2D eigenvalue weighted by atomic mass is 79.9. The van der Waals surface area contributed by atoms with Crippen molar-refractivity contribution in [3.05, 3.63) is 28.2 Å². The van der Waals surface area contributed by atoms with E-state index in [1.807, 2.05) is 6.07 Å². The van der Waals surface area contributed by atoms with Gasteiger partial charge in [0.25, 0.3) is 0 Å². The molecule has 2 nitrogen and oxygen atoms in total. The fraction of sp³-hybridized carbons (Fsp3) is 0.600. The first-order chi connectivity index (χ1) is 8.61. The lowest BCUT2D eigenvalue weighted by Gasteiger charge is -2.20. The minimum Gasteiger partial charge on any atom is -0.389 e. The number of anilines is 1. The van der Waals surface area contributed by atoms with Gasteiger partial charge in [-0.3, -0.25) is 0 Å². The molecule has 3 heteroatoms. The third-order valence-electron chi connectivity index (χ3n) is 3.78. The molecule has 1 saturated heterocycles. The summed E-state index contributed by atoms with van der Waals surface area (Å²) in [4.78, 5) is 2.46. The first-order valence-electron chi connectivity index (χ1n) is 6.84. The zero-order valence-electron chi connectivity index (χ0n) is 11.2. The predicted octanol–water partition coefficient (Wildman–Crippen LogP) is 4.13. The Bertz CT molecular complexity index is 405. The van der Waals surface area contributed by atoms with Gasteiger partial charge in [0.05, 0.1) is 6.10 Å². The Morgan fingerprint density at radius 3 is 2.89 bits per heavy atom. The van der Waals surface area contributed by atoms with Crippen molar-refractivity contribution >= 4 is 21.6 Å². The van der Waals surface area contributed by atoms with Crippen molar-refractivity contribution in [2.45, 2.75) is 39.2 Å². The molecule has 0 aromatic heterocycles. The second-order valence-corrected chi connectivity index (χ2v) is 6.13. The van der Waals surface area contributed by atoms with Crippen LogP contribution in [0.3, 0.4) is 0 Å². The quantitative estimate of drug-likeness (QED) is 0.903. The molecular weight excluding hydrogens is 290 g/mol. The van der Waals surface area contributed by atoms with Crippen molar-refractivity contribution in [2.24, 2.45) is 5.92 Å². The van der Waals surface area contributed by atoms with E-state index in [0.29, 0.717) is 0 Å². The fourth-order valence-electron chi connectivity index (χ4n) is 2.76. The van der Waals surface area contributed by atoms with Crippen LogP contribution in [0.15, 0.2) is 22.7 Å². The third-order valence-corrected chi connectivity index (χ3v) is 4.47. The number of halogens is 1. The summed E-state index contributed by atoms with van der Waals surface area (Å²) >= 11 is 3.55. The van der Waals surface area contributed by atoms with Gasteiger partial charge in [0, 0.05) is 23.2 Å². The van der Waals surface area contributed by atoms with Crippen LogP contribution in [-0.2, 0) is 0 Å². The normalized spacial score (nSPS) is 21.3. The van der Waals surface area contributed by atoms with E-state index in [9.17, 15) is 5.11 Å². The van der Waals surface area contributed by atoms with Gasteiger partial charge < -0.3 is 10.0 Å². The Morgan fingerprint density at radius 2 is 2.28 bits per heavy atom. The molecule has 0 amide bonds. The molecule has 1 aromatic rings. The van der Waals surface area contributed by atoms with E-state index in [1.165, 1.54) is 31.5 Å². The molecule has 1 aliphatic rings. The van der Waals surface area contributed by atoms with E-state index < -0.39 is 6.10 Å². The maximum Gasteiger partial charge on any atom is 0.0772 e. The molecule has 1 unspecified atom stereocenters. The summed E-state index contributed by atoms with van der Waals surface area (Å²) in [6, 6.07) is 6.29. The van der Waals surface area contributed by atoms with Crippen LogP contribution in [0.4, 0.5) is 5.69 Å². The fourth-order valence-corrected chi connectivity index (χ4v) is 3.46. The molecule has 0 aliphatic carbocycles. The summed E-state index contributed by atoms with van der Waals surface area (Å²) in [6.07, 6.45) is 3.51. The van der Waals surface area contributed by atoms with Crippen LogP contribution in [-0.4, -0.2) is 18.2 Å². The molecule has 18 heavy (non-hydrogen) atoms. The highest BCUT2D eigenvalue weighted by Crippen LogP contribution is 2.31. The Kier molecular flexibility index (Phi) is 4.68. The number of rotatable bonds is 4. The molecule has 1 N–H and O–H groups in total. The topological polar surface area (TPSA) is 23.5 Å². The van der Waals surface area contributed by atoms with Crippen molar-refractivity contribution in [3.8, 4) is 0 Å². The van der Waals surface area contributed by atoms with Gasteiger partial charge in [-0.2, -0.15) is 0 Å². The van der Waals surface area contributed by atoms with Crippen molar-refractivity contribution in [2.75, 3.05) is 18.0 Å². The van der Waals surface area contributed by atoms with Crippen LogP contribution in [0.5, 0.6) is 0 Å². The maximum atomic E-state index is 9.63. The highest BCUT2D eigenvalue weighted by molar-refractivity contribution is 9.10. The van der Waals surface area contributed by atoms with Crippen LogP contribution in [0.2, 0.25) is 0 Å². The molecule has 1 aromatic carbocycles. The molecule has 1 heterocycles. The predicted molar refractivity (Wildman–Crippen MR) is 80.0 cm³/mol. The summed E-state index contributed by atoms with van der Waals surface area (Å²) in [6.45, 7) is 6.39. The summed E-state index contributed by atoms with van der Waals surface area (Å²) in [5, 5.41) is 9.63. The smallest absolute Gasteiger partial charge is 0.0772 e. The monoisotopic (exact) mass is 311 g/mol. The maximum absolute atomic E-state index is 9.63. The van der Waals surface area contributed by atoms with Gasteiger partial charge in [0.15, 0.2) is 0 Å². The second kappa shape index (κ2) is 6.07. The summed E-state index contributed by atoms with van der Waals surface area (Å²) in [5.41, 5.74) is 2.23. The van der Waals surface area contributed by atoms with Gasteiger partial charge in [-0.05, 0) is 43.4 Å². The Balaban J connectivity index is 2.09. The van der Waals surface area contributed by atoms with Gasteiger partial charge in [-0.1, -0.05) is 35.3 Å². The SMILES string of the molecule is CCCC1CCN(c2ccc([C@@H](C)O)c(Br)c2)C1. The number of nitrogens with zero attached hydrogens (tertiary/aromatic N) is 1. The lowest BCUT2D eigenvalue weighted by molar-refractivity contribution is 0.198. The number of aliphatic hydroxyl groups excluding tert-OH is 1. The largest absolute Gasteiger partial charge is 0.389 e. The first kappa shape index (κ1) is 13.9. The molecule has 1 fully saturated rings. The van der Waals surface area contributed by atoms with E-state index in [1.54, 1.807) is 6.92 Å². The molecule has 100 valence electrons. The first-order valence-corrected chi connectivity index (χ1v) is 7.63. The number of hydrogen-bond donors (Lipinski definition) is 1. The van der Waals surface area contributed by atoms with Gasteiger partial charge >= 0.3 is 0 Å². The number of benzene rings is 1. The van der Waals surface area contributed by atoms with Crippen LogP contribution in [0, 0.1) is 5.92 Å². The molecule has 2 atom stereocenters. The van der Waals surface area contributed by atoms with Crippen molar-refractivity contribution in [1.29, 1.82) is 0 Å². The van der Waals surface area contributed by atoms with E-state index in [4.69, 9.17) is 0 Å². The van der Waals surface area contributed by atoms with Crippen molar-refractivity contribution in [3.63, 3.8) is 0 Å². The number of aliphatic hydroxyl groups is 1. The zero-order chi connectivity index (χ0) is 13.1. The van der Waals surface area contributed by atoms with E-state index in [0.717, 1.165) is 22.5 Å². The number of hydrogen-bond acceptors (Lipinski definition) is 2. The van der Waals surface area contributed by atoms with Crippen molar-refractivity contribution in [1.82, 2.24) is 0 Å². The Hall–Kier alpha value is -0.540. The average molecular weight is 312 g/mol. The molecule has 0 spiro atoms. The molecule has 0 saturated carbocycles. The molecular formula is C15H22BrNO. The third kappa shape index (κ3) is 3.07. The molecule has 0 bridgehead atoms. The van der Waals surface area contributed by atoms with E-state index in [2.05, 4.69) is 39.9 Å². The molecule has 2 rings (SSSR count). The van der Waals surface area contributed by atoms with Crippen LogP contribution < -0.4 is 4.90 Å².